The topological polar surface area (TPSA) is 96.5 Å². The Hall–Kier alpha value is -2.25. The molecule has 0 aliphatic carbocycles. The third-order valence-electron chi connectivity index (χ3n) is 3.35. The van der Waals surface area contributed by atoms with Crippen molar-refractivity contribution in [1.29, 1.82) is 0 Å². The van der Waals surface area contributed by atoms with E-state index in [-0.39, 0.29) is 12.0 Å². The van der Waals surface area contributed by atoms with Crippen LogP contribution < -0.4 is 5.32 Å². The lowest BCUT2D eigenvalue weighted by Crippen LogP contribution is -2.40. The molecule has 2 amide bonds. The van der Waals surface area contributed by atoms with Gasteiger partial charge in [0.15, 0.2) is 5.82 Å². The number of amides is 2. The summed E-state index contributed by atoms with van der Waals surface area (Å²) in [5.41, 5.74) is 1.15. The fourth-order valence-corrected chi connectivity index (χ4v) is 2.26. The molecule has 1 aliphatic rings. The van der Waals surface area contributed by atoms with Gasteiger partial charge in [-0.1, -0.05) is 13.8 Å². The van der Waals surface area contributed by atoms with Crippen molar-refractivity contribution in [1.82, 2.24) is 15.1 Å². The molecule has 24 heavy (non-hydrogen) atoms. The minimum Gasteiger partial charge on any atom is -0.449 e. The maximum atomic E-state index is 12.2. The summed E-state index contributed by atoms with van der Waals surface area (Å²) < 4.78 is 10.5. The van der Waals surface area contributed by atoms with Crippen LogP contribution in [0, 0.1) is 5.92 Å². The van der Waals surface area contributed by atoms with Crippen LogP contribution in [-0.4, -0.2) is 46.0 Å². The zero-order chi connectivity index (χ0) is 17.9. The number of ether oxygens (including phenoxy) is 2. The Labute approximate surface area is 141 Å². The standard InChI is InChI=1S/C16H26N4O4/c1-10(2)9-23-14(21)17-13-11-8-20(7-6-12(11)18-19-13)15(22)24-16(3,4)5/h10H,6-9H2,1-5H3,(H2,17,18,19,21). The fraction of sp³-hybridized carbons (Fsp3) is 0.688. The molecular weight excluding hydrogens is 312 g/mol. The van der Waals surface area contributed by atoms with Crippen molar-refractivity contribution in [3.05, 3.63) is 11.3 Å². The van der Waals surface area contributed by atoms with Gasteiger partial charge in [-0.3, -0.25) is 10.4 Å². The van der Waals surface area contributed by atoms with Crippen LogP contribution in [0.1, 0.15) is 45.9 Å². The van der Waals surface area contributed by atoms with E-state index in [1.54, 1.807) is 4.90 Å². The lowest BCUT2D eigenvalue weighted by Gasteiger charge is -2.30. The van der Waals surface area contributed by atoms with Crippen molar-refractivity contribution in [2.75, 3.05) is 18.5 Å². The number of nitrogens with zero attached hydrogens (tertiary/aromatic N) is 2. The van der Waals surface area contributed by atoms with Gasteiger partial charge in [0.25, 0.3) is 0 Å². The zero-order valence-electron chi connectivity index (χ0n) is 14.9. The van der Waals surface area contributed by atoms with Crippen LogP contribution >= 0.6 is 0 Å². The molecule has 0 saturated carbocycles. The second kappa shape index (κ2) is 7.11. The van der Waals surface area contributed by atoms with Gasteiger partial charge < -0.3 is 14.4 Å². The number of hydrogen-bond donors (Lipinski definition) is 2. The van der Waals surface area contributed by atoms with Gasteiger partial charge in [0, 0.05) is 24.2 Å². The van der Waals surface area contributed by atoms with E-state index < -0.39 is 11.7 Å². The Bertz CT molecular complexity index is 604. The molecule has 1 aliphatic heterocycles. The van der Waals surface area contributed by atoms with Crippen molar-refractivity contribution in [2.24, 2.45) is 5.92 Å². The van der Waals surface area contributed by atoms with Crippen LogP contribution in [-0.2, 0) is 22.4 Å². The van der Waals surface area contributed by atoms with E-state index in [1.807, 2.05) is 34.6 Å². The molecule has 0 saturated heterocycles. The number of fused-ring (bicyclic) bond motifs is 1. The highest BCUT2D eigenvalue weighted by Gasteiger charge is 2.29. The minimum atomic E-state index is -0.549. The van der Waals surface area contributed by atoms with E-state index >= 15 is 0 Å². The quantitative estimate of drug-likeness (QED) is 0.883. The van der Waals surface area contributed by atoms with Gasteiger partial charge in [0.05, 0.1) is 13.2 Å². The maximum Gasteiger partial charge on any atom is 0.412 e. The lowest BCUT2D eigenvalue weighted by atomic mass is 10.1. The molecule has 0 unspecified atom stereocenters. The Kier molecular flexibility index (Phi) is 5.36. The summed E-state index contributed by atoms with van der Waals surface area (Å²) in [6, 6.07) is 0. The van der Waals surface area contributed by atoms with Gasteiger partial charge >= 0.3 is 12.2 Å². The van der Waals surface area contributed by atoms with Crippen molar-refractivity contribution in [3.63, 3.8) is 0 Å². The first kappa shape index (κ1) is 18.1. The number of aromatic nitrogens is 2. The first-order chi connectivity index (χ1) is 11.2. The first-order valence-electron chi connectivity index (χ1n) is 8.13. The van der Waals surface area contributed by atoms with Crippen molar-refractivity contribution in [2.45, 2.75) is 53.2 Å². The van der Waals surface area contributed by atoms with E-state index in [9.17, 15) is 9.59 Å². The van der Waals surface area contributed by atoms with Crippen molar-refractivity contribution < 1.29 is 19.1 Å². The number of carbonyl (C=O) groups is 2. The molecule has 8 nitrogen and oxygen atoms in total. The smallest absolute Gasteiger partial charge is 0.412 e. The molecule has 0 atom stereocenters. The molecule has 0 radical (unpaired) electrons. The van der Waals surface area contributed by atoms with Gasteiger partial charge in [-0.2, -0.15) is 5.10 Å². The molecule has 2 N–H and O–H groups in total. The molecule has 0 bridgehead atoms. The Morgan fingerprint density at radius 3 is 2.71 bits per heavy atom. The summed E-state index contributed by atoms with van der Waals surface area (Å²) in [6.45, 7) is 10.6. The molecule has 134 valence electrons. The highest BCUT2D eigenvalue weighted by molar-refractivity contribution is 5.84. The molecule has 2 rings (SSSR count). The number of anilines is 1. The predicted molar refractivity (Wildman–Crippen MR) is 88.7 cm³/mol. The second-order valence-electron chi connectivity index (χ2n) is 7.30. The Morgan fingerprint density at radius 1 is 1.38 bits per heavy atom. The van der Waals surface area contributed by atoms with Crippen LogP contribution in [0.3, 0.4) is 0 Å². The Morgan fingerprint density at radius 2 is 2.08 bits per heavy atom. The van der Waals surface area contributed by atoms with E-state index in [1.165, 1.54) is 0 Å². The minimum absolute atomic E-state index is 0.256. The third kappa shape index (κ3) is 4.87. The van der Waals surface area contributed by atoms with Gasteiger partial charge in [0.1, 0.15) is 5.60 Å². The highest BCUT2D eigenvalue weighted by atomic mass is 16.6. The number of H-pyrrole nitrogens is 1. The molecule has 0 fully saturated rings. The van der Waals surface area contributed by atoms with Gasteiger partial charge in [0.2, 0.25) is 0 Å². The van der Waals surface area contributed by atoms with Gasteiger partial charge in [-0.15, -0.1) is 0 Å². The highest BCUT2D eigenvalue weighted by Crippen LogP contribution is 2.25. The molecule has 8 heteroatoms. The summed E-state index contributed by atoms with van der Waals surface area (Å²) >= 11 is 0. The number of rotatable bonds is 3. The largest absolute Gasteiger partial charge is 0.449 e. The number of aromatic amines is 1. The van der Waals surface area contributed by atoms with Crippen LogP contribution in [0.4, 0.5) is 15.4 Å². The summed E-state index contributed by atoms with van der Waals surface area (Å²) in [4.78, 5) is 25.6. The number of hydrogen-bond acceptors (Lipinski definition) is 5. The molecule has 1 aromatic heterocycles. The van der Waals surface area contributed by atoms with Crippen LogP contribution in [0.5, 0.6) is 0 Å². The van der Waals surface area contributed by atoms with Crippen LogP contribution in [0.25, 0.3) is 0 Å². The van der Waals surface area contributed by atoms with E-state index in [4.69, 9.17) is 9.47 Å². The average molecular weight is 338 g/mol. The van der Waals surface area contributed by atoms with Gasteiger partial charge in [-0.25, -0.2) is 9.59 Å². The normalized spacial score (nSPS) is 14.3. The molecule has 2 heterocycles. The average Bonchev–Trinajstić information content (AvgIpc) is 2.85. The van der Waals surface area contributed by atoms with Crippen molar-refractivity contribution in [3.8, 4) is 0 Å². The predicted octanol–water partition coefficient (Wildman–Crippen LogP) is 2.91. The monoisotopic (exact) mass is 338 g/mol. The SMILES string of the molecule is CC(C)COC(=O)Nc1n[nH]c2c1CN(C(=O)OC(C)(C)C)CC2. The summed E-state index contributed by atoms with van der Waals surface area (Å²) in [5.74, 6) is 0.651. The third-order valence-corrected chi connectivity index (χ3v) is 3.35. The van der Waals surface area contributed by atoms with E-state index in [2.05, 4.69) is 15.5 Å². The second-order valence-corrected chi connectivity index (χ2v) is 7.30. The van der Waals surface area contributed by atoms with Gasteiger partial charge in [-0.05, 0) is 26.7 Å². The maximum absolute atomic E-state index is 12.2. The Balaban J connectivity index is 2.01. The molecule has 0 aromatic carbocycles. The lowest BCUT2D eigenvalue weighted by molar-refractivity contribution is 0.0224. The van der Waals surface area contributed by atoms with E-state index in [0.29, 0.717) is 31.9 Å². The molecular formula is C16H26N4O4. The fourth-order valence-electron chi connectivity index (χ4n) is 2.26. The van der Waals surface area contributed by atoms with Crippen LogP contribution in [0.2, 0.25) is 0 Å². The molecule has 1 aromatic rings. The zero-order valence-corrected chi connectivity index (χ0v) is 14.9. The number of carbonyl (C=O) groups excluding carboxylic acids is 2. The van der Waals surface area contributed by atoms with E-state index in [0.717, 1.165) is 11.3 Å². The first-order valence-corrected chi connectivity index (χ1v) is 8.13. The summed E-state index contributed by atoms with van der Waals surface area (Å²) in [5, 5.41) is 9.65. The summed E-state index contributed by atoms with van der Waals surface area (Å²) in [6.07, 6.45) is -0.292. The summed E-state index contributed by atoms with van der Waals surface area (Å²) in [7, 11) is 0. The number of nitrogens with one attached hydrogen (secondary N) is 2. The van der Waals surface area contributed by atoms with Crippen LogP contribution in [0.15, 0.2) is 0 Å². The molecule has 0 spiro atoms. The van der Waals surface area contributed by atoms with Crippen molar-refractivity contribution >= 4 is 18.0 Å².